The van der Waals surface area contributed by atoms with Crippen LogP contribution >= 0.6 is 12.4 Å². The van der Waals surface area contributed by atoms with Gasteiger partial charge < -0.3 is 20.5 Å². The van der Waals surface area contributed by atoms with Crippen LogP contribution in [0.2, 0.25) is 0 Å². The maximum atomic E-state index is 12.9. The number of hydrogen-bond donors (Lipinski definition) is 3. The number of hydrogen-bond acceptors (Lipinski definition) is 4. The van der Waals surface area contributed by atoms with Gasteiger partial charge in [-0.25, -0.2) is 4.39 Å². The normalized spacial score (nSPS) is 21.9. The Balaban J connectivity index is 0.00000200. The van der Waals surface area contributed by atoms with Gasteiger partial charge in [0.1, 0.15) is 11.6 Å². The molecule has 2 rings (SSSR count). The quantitative estimate of drug-likeness (QED) is 0.781. The summed E-state index contributed by atoms with van der Waals surface area (Å²) in [5.41, 5.74) is 0.0572. The zero-order valence-electron chi connectivity index (χ0n) is 11.1. The van der Waals surface area contributed by atoms with Crippen LogP contribution in [0.15, 0.2) is 18.2 Å². The van der Waals surface area contributed by atoms with Crippen LogP contribution in [-0.4, -0.2) is 43.4 Å². The molecule has 5 nitrogen and oxygen atoms in total. The average Bonchev–Trinajstić information content (AvgIpc) is 2.39. The molecule has 1 amide bonds. The standard InChI is InChI=1S/C13H17FN2O3.ClH/c1-19-12-4-5-15-7-10(12)16-13(18)9-3-2-8(14)6-11(9)17;/h2-3,6,10,12,15,17H,4-5,7H2,1H3,(H,16,18);1H/t10-,12+;/m0./s1. The first-order chi connectivity index (χ1) is 9.11. The number of methoxy groups -OCH3 is 1. The summed E-state index contributed by atoms with van der Waals surface area (Å²) >= 11 is 0. The number of nitrogens with one attached hydrogen (secondary N) is 2. The first-order valence-electron chi connectivity index (χ1n) is 6.14. The van der Waals surface area contributed by atoms with Crippen molar-refractivity contribution in [1.29, 1.82) is 0 Å². The number of benzene rings is 1. The van der Waals surface area contributed by atoms with E-state index in [2.05, 4.69) is 10.6 Å². The molecular formula is C13H18ClFN2O3. The Morgan fingerprint density at radius 1 is 1.55 bits per heavy atom. The number of aromatic hydroxyl groups is 1. The van der Waals surface area contributed by atoms with E-state index in [4.69, 9.17) is 4.74 Å². The predicted molar refractivity (Wildman–Crippen MR) is 74.9 cm³/mol. The Morgan fingerprint density at radius 2 is 2.30 bits per heavy atom. The molecule has 0 spiro atoms. The lowest BCUT2D eigenvalue weighted by Crippen LogP contribution is -2.54. The number of phenols is 1. The zero-order chi connectivity index (χ0) is 13.8. The van der Waals surface area contributed by atoms with Gasteiger partial charge in [0.05, 0.1) is 17.7 Å². The van der Waals surface area contributed by atoms with Gasteiger partial charge in [0.2, 0.25) is 0 Å². The Morgan fingerprint density at radius 3 is 2.95 bits per heavy atom. The van der Waals surface area contributed by atoms with Crippen LogP contribution in [0.5, 0.6) is 5.75 Å². The van der Waals surface area contributed by atoms with E-state index >= 15 is 0 Å². The number of carbonyl (C=O) groups is 1. The van der Waals surface area contributed by atoms with E-state index in [0.717, 1.165) is 25.1 Å². The number of carbonyl (C=O) groups excluding carboxylic acids is 1. The van der Waals surface area contributed by atoms with Crippen molar-refractivity contribution in [3.8, 4) is 5.75 Å². The topological polar surface area (TPSA) is 70.6 Å². The van der Waals surface area contributed by atoms with Gasteiger partial charge in [0.25, 0.3) is 5.91 Å². The van der Waals surface area contributed by atoms with Crippen LogP contribution in [0.1, 0.15) is 16.8 Å². The molecule has 0 unspecified atom stereocenters. The lowest BCUT2D eigenvalue weighted by molar-refractivity contribution is 0.0447. The van der Waals surface area contributed by atoms with Crippen molar-refractivity contribution in [2.75, 3.05) is 20.2 Å². The van der Waals surface area contributed by atoms with Crippen molar-refractivity contribution in [2.45, 2.75) is 18.6 Å². The largest absolute Gasteiger partial charge is 0.507 e. The number of rotatable bonds is 3. The molecule has 1 aliphatic rings. The highest BCUT2D eigenvalue weighted by Crippen LogP contribution is 2.18. The first-order valence-corrected chi connectivity index (χ1v) is 6.14. The number of ether oxygens (including phenoxy) is 1. The van der Waals surface area contributed by atoms with E-state index in [1.807, 2.05) is 0 Å². The molecule has 1 aromatic rings. The van der Waals surface area contributed by atoms with Gasteiger partial charge in [-0.05, 0) is 25.1 Å². The second-order valence-electron chi connectivity index (χ2n) is 4.51. The molecule has 2 atom stereocenters. The minimum Gasteiger partial charge on any atom is -0.507 e. The van der Waals surface area contributed by atoms with E-state index in [1.165, 1.54) is 6.07 Å². The second kappa shape index (κ2) is 7.42. The third-order valence-electron chi connectivity index (χ3n) is 3.24. The highest BCUT2D eigenvalue weighted by Gasteiger charge is 2.27. The molecule has 1 fully saturated rings. The molecule has 7 heteroatoms. The monoisotopic (exact) mass is 304 g/mol. The SMILES string of the molecule is CO[C@@H]1CCNC[C@@H]1NC(=O)c1ccc(F)cc1O.Cl. The number of halogens is 2. The van der Waals surface area contributed by atoms with Crippen LogP contribution in [0, 0.1) is 5.82 Å². The van der Waals surface area contributed by atoms with Gasteiger partial charge in [-0.2, -0.15) is 0 Å². The number of phenolic OH excluding ortho intramolecular Hbond substituents is 1. The third-order valence-corrected chi connectivity index (χ3v) is 3.24. The lowest BCUT2D eigenvalue weighted by Gasteiger charge is -2.31. The molecule has 0 saturated carbocycles. The van der Waals surface area contributed by atoms with Crippen LogP contribution < -0.4 is 10.6 Å². The molecular weight excluding hydrogens is 287 g/mol. The van der Waals surface area contributed by atoms with Crippen LogP contribution in [0.4, 0.5) is 4.39 Å². The van der Waals surface area contributed by atoms with E-state index in [-0.39, 0.29) is 35.9 Å². The second-order valence-corrected chi connectivity index (χ2v) is 4.51. The number of piperidine rings is 1. The molecule has 1 aliphatic heterocycles. The minimum atomic E-state index is -0.580. The van der Waals surface area contributed by atoms with Gasteiger partial charge in [0.15, 0.2) is 0 Å². The molecule has 0 radical (unpaired) electrons. The van der Waals surface area contributed by atoms with Crippen LogP contribution in [0.25, 0.3) is 0 Å². The third kappa shape index (κ3) is 3.82. The Bertz CT molecular complexity index is 473. The summed E-state index contributed by atoms with van der Waals surface area (Å²) in [5.74, 6) is -1.38. The fourth-order valence-corrected chi connectivity index (χ4v) is 2.20. The summed E-state index contributed by atoms with van der Waals surface area (Å²) in [5, 5.41) is 15.5. The summed E-state index contributed by atoms with van der Waals surface area (Å²) in [7, 11) is 1.60. The fraction of sp³-hybridized carbons (Fsp3) is 0.462. The maximum absolute atomic E-state index is 12.9. The van der Waals surface area contributed by atoms with Crippen molar-refractivity contribution < 1.29 is 19.0 Å². The van der Waals surface area contributed by atoms with Gasteiger partial charge in [-0.3, -0.25) is 4.79 Å². The highest BCUT2D eigenvalue weighted by atomic mass is 35.5. The van der Waals surface area contributed by atoms with E-state index in [9.17, 15) is 14.3 Å². The zero-order valence-corrected chi connectivity index (χ0v) is 11.9. The summed E-state index contributed by atoms with van der Waals surface area (Å²) in [6.07, 6.45) is 0.740. The van der Waals surface area contributed by atoms with Gasteiger partial charge in [-0.1, -0.05) is 0 Å². The maximum Gasteiger partial charge on any atom is 0.255 e. The van der Waals surface area contributed by atoms with Gasteiger partial charge >= 0.3 is 0 Å². The van der Waals surface area contributed by atoms with Gasteiger partial charge in [0, 0.05) is 19.7 Å². The lowest BCUT2D eigenvalue weighted by atomic mass is 10.0. The molecule has 3 N–H and O–H groups in total. The van der Waals surface area contributed by atoms with Crippen LogP contribution in [-0.2, 0) is 4.74 Å². The molecule has 0 bridgehead atoms. The fourth-order valence-electron chi connectivity index (χ4n) is 2.20. The van der Waals surface area contributed by atoms with Crippen molar-refractivity contribution in [1.82, 2.24) is 10.6 Å². The molecule has 1 heterocycles. The molecule has 1 aromatic carbocycles. The summed E-state index contributed by atoms with van der Waals surface area (Å²) in [6, 6.07) is 3.15. The molecule has 112 valence electrons. The van der Waals surface area contributed by atoms with E-state index in [1.54, 1.807) is 7.11 Å². The molecule has 20 heavy (non-hydrogen) atoms. The minimum absolute atomic E-state index is 0. The van der Waals surface area contributed by atoms with Crippen molar-refractivity contribution in [3.63, 3.8) is 0 Å². The Kier molecular flexibility index (Phi) is 6.19. The van der Waals surface area contributed by atoms with Crippen LogP contribution in [0.3, 0.4) is 0 Å². The smallest absolute Gasteiger partial charge is 0.255 e. The summed E-state index contributed by atoms with van der Waals surface area (Å²) in [4.78, 5) is 12.0. The highest BCUT2D eigenvalue weighted by molar-refractivity contribution is 5.97. The predicted octanol–water partition coefficient (Wildman–Crippen LogP) is 1.06. The molecule has 0 aliphatic carbocycles. The first kappa shape index (κ1) is 16.7. The van der Waals surface area contributed by atoms with Crippen molar-refractivity contribution in [3.05, 3.63) is 29.6 Å². The Labute approximate surface area is 122 Å². The van der Waals surface area contributed by atoms with E-state index < -0.39 is 11.7 Å². The van der Waals surface area contributed by atoms with Crippen molar-refractivity contribution in [2.24, 2.45) is 0 Å². The summed E-state index contributed by atoms with van der Waals surface area (Å²) < 4.78 is 18.2. The molecule has 0 aromatic heterocycles. The average molecular weight is 305 g/mol. The van der Waals surface area contributed by atoms with E-state index in [0.29, 0.717) is 6.54 Å². The van der Waals surface area contributed by atoms with Crippen molar-refractivity contribution >= 4 is 18.3 Å². The number of amides is 1. The van der Waals surface area contributed by atoms with Gasteiger partial charge in [-0.15, -0.1) is 12.4 Å². The summed E-state index contributed by atoms with van der Waals surface area (Å²) in [6.45, 7) is 1.44. The molecule has 1 saturated heterocycles. The Hall–Kier alpha value is -1.37.